The van der Waals surface area contributed by atoms with Gasteiger partial charge < -0.3 is 5.73 Å². The minimum Gasteiger partial charge on any atom is -0.399 e. The fourth-order valence-corrected chi connectivity index (χ4v) is 3.57. The number of nitrogens with two attached hydrogens (primary N) is 1. The lowest BCUT2D eigenvalue weighted by molar-refractivity contribution is 0.601. The van der Waals surface area contributed by atoms with E-state index in [1.165, 1.54) is 18.2 Å². The van der Waals surface area contributed by atoms with Crippen LogP contribution in [-0.4, -0.2) is 8.42 Å². The van der Waals surface area contributed by atoms with Crippen LogP contribution in [-0.2, 0) is 10.0 Å². The molecule has 0 unspecified atom stereocenters. The highest BCUT2D eigenvalue weighted by molar-refractivity contribution is 7.92. The van der Waals surface area contributed by atoms with E-state index in [0.29, 0.717) is 11.4 Å². The van der Waals surface area contributed by atoms with Gasteiger partial charge in [-0.3, -0.25) is 4.72 Å². The first-order valence-corrected chi connectivity index (χ1v) is 7.80. The van der Waals surface area contributed by atoms with Gasteiger partial charge in [0, 0.05) is 11.4 Å². The quantitative estimate of drug-likeness (QED) is 0.854. The van der Waals surface area contributed by atoms with E-state index in [9.17, 15) is 8.42 Å². The Morgan fingerprint density at radius 1 is 1.05 bits per heavy atom. The van der Waals surface area contributed by atoms with E-state index in [2.05, 4.69) is 4.72 Å². The van der Waals surface area contributed by atoms with Gasteiger partial charge >= 0.3 is 0 Å². The van der Waals surface area contributed by atoms with Gasteiger partial charge in [0.1, 0.15) is 4.90 Å². The third kappa shape index (κ3) is 3.23. The number of halogens is 1. The average Bonchev–Trinajstić information content (AvgIpc) is 2.25. The summed E-state index contributed by atoms with van der Waals surface area (Å²) in [5.41, 5.74) is 8.45. The first kappa shape index (κ1) is 14.7. The number of hydrogen-bond acceptors (Lipinski definition) is 3. The maximum atomic E-state index is 12.3. The van der Waals surface area contributed by atoms with E-state index in [0.717, 1.165) is 11.1 Å². The first-order chi connectivity index (χ1) is 9.28. The molecule has 2 rings (SSSR count). The van der Waals surface area contributed by atoms with Crippen LogP contribution in [0.25, 0.3) is 0 Å². The Morgan fingerprint density at radius 3 is 2.20 bits per heavy atom. The van der Waals surface area contributed by atoms with Crippen LogP contribution in [0.3, 0.4) is 0 Å². The summed E-state index contributed by atoms with van der Waals surface area (Å²) in [6.45, 7) is 3.81. The summed E-state index contributed by atoms with van der Waals surface area (Å²) in [4.78, 5) is 0.00697. The van der Waals surface area contributed by atoms with Gasteiger partial charge in [0.15, 0.2) is 0 Å². The van der Waals surface area contributed by atoms with Gasteiger partial charge in [-0.25, -0.2) is 8.42 Å². The summed E-state index contributed by atoms with van der Waals surface area (Å²) in [6.07, 6.45) is 0. The Kier molecular flexibility index (Phi) is 3.92. The molecule has 20 heavy (non-hydrogen) atoms. The zero-order valence-electron chi connectivity index (χ0n) is 11.1. The van der Waals surface area contributed by atoms with Crippen LogP contribution >= 0.6 is 11.6 Å². The van der Waals surface area contributed by atoms with E-state index < -0.39 is 10.0 Å². The van der Waals surface area contributed by atoms with Gasteiger partial charge in [0.25, 0.3) is 10.0 Å². The molecular formula is C14H15ClN2O2S. The minimum absolute atomic E-state index is 0.00697. The molecule has 6 heteroatoms. The van der Waals surface area contributed by atoms with Crippen LogP contribution in [0.4, 0.5) is 11.4 Å². The summed E-state index contributed by atoms with van der Waals surface area (Å²) >= 11 is 5.94. The zero-order valence-corrected chi connectivity index (χ0v) is 12.7. The average molecular weight is 311 g/mol. The number of nitrogen functional groups attached to an aromatic ring is 1. The van der Waals surface area contributed by atoms with Gasteiger partial charge in [0.05, 0.1) is 5.02 Å². The molecule has 0 saturated heterocycles. The van der Waals surface area contributed by atoms with Gasteiger partial charge in [-0.15, -0.1) is 0 Å². The monoisotopic (exact) mass is 310 g/mol. The number of aryl methyl sites for hydroxylation is 2. The van der Waals surface area contributed by atoms with Crippen molar-refractivity contribution in [3.8, 4) is 0 Å². The lowest BCUT2D eigenvalue weighted by Crippen LogP contribution is -2.13. The fraction of sp³-hybridized carbons (Fsp3) is 0.143. The number of rotatable bonds is 3. The summed E-state index contributed by atoms with van der Waals surface area (Å²) in [6, 6.07) is 9.79. The van der Waals surface area contributed by atoms with Crippen molar-refractivity contribution in [3.05, 3.63) is 52.5 Å². The Hall–Kier alpha value is -1.72. The third-order valence-electron chi connectivity index (χ3n) is 2.72. The molecule has 0 aliphatic carbocycles. The molecule has 0 aliphatic heterocycles. The summed E-state index contributed by atoms with van der Waals surface area (Å²) in [5, 5.41) is 0.0990. The molecule has 3 N–H and O–H groups in total. The second-order valence-electron chi connectivity index (χ2n) is 4.67. The SMILES string of the molecule is Cc1cc(C)cc(NS(=O)(=O)c2ccc(N)cc2Cl)c1. The molecule has 2 aromatic rings. The molecule has 0 bridgehead atoms. The fourth-order valence-electron chi connectivity index (χ4n) is 1.98. The second kappa shape index (κ2) is 5.34. The van der Waals surface area contributed by atoms with Crippen molar-refractivity contribution >= 4 is 33.0 Å². The number of nitrogens with one attached hydrogen (secondary N) is 1. The van der Waals surface area contributed by atoms with Gasteiger partial charge in [-0.1, -0.05) is 17.7 Å². The maximum absolute atomic E-state index is 12.3. The summed E-state index contributed by atoms with van der Waals surface area (Å²) < 4.78 is 27.2. The van der Waals surface area contributed by atoms with Gasteiger partial charge in [0.2, 0.25) is 0 Å². The molecule has 0 aliphatic rings. The zero-order chi connectivity index (χ0) is 14.9. The minimum atomic E-state index is -3.73. The predicted molar refractivity (Wildman–Crippen MR) is 82.6 cm³/mol. The van der Waals surface area contributed by atoms with Crippen LogP contribution in [0, 0.1) is 13.8 Å². The van der Waals surface area contributed by atoms with Crippen molar-refractivity contribution in [1.82, 2.24) is 0 Å². The Bertz CT molecular complexity index is 738. The van der Waals surface area contributed by atoms with Crippen LogP contribution in [0.15, 0.2) is 41.3 Å². The lowest BCUT2D eigenvalue weighted by Gasteiger charge is -2.11. The molecule has 0 radical (unpaired) electrons. The van der Waals surface area contributed by atoms with Crippen LogP contribution in [0.1, 0.15) is 11.1 Å². The van der Waals surface area contributed by atoms with E-state index in [-0.39, 0.29) is 9.92 Å². The first-order valence-electron chi connectivity index (χ1n) is 5.94. The molecule has 4 nitrogen and oxygen atoms in total. The summed E-state index contributed by atoms with van der Waals surface area (Å²) in [7, 11) is -3.73. The number of benzene rings is 2. The molecule has 0 aromatic heterocycles. The lowest BCUT2D eigenvalue weighted by atomic mass is 10.1. The highest BCUT2D eigenvalue weighted by Gasteiger charge is 2.18. The largest absolute Gasteiger partial charge is 0.399 e. The van der Waals surface area contributed by atoms with E-state index in [4.69, 9.17) is 17.3 Å². The molecule has 2 aromatic carbocycles. The molecular weight excluding hydrogens is 296 g/mol. The van der Waals surface area contributed by atoms with Gasteiger partial charge in [-0.05, 0) is 55.3 Å². The smallest absolute Gasteiger partial charge is 0.263 e. The number of anilines is 2. The molecule has 0 amide bonds. The normalized spacial score (nSPS) is 11.3. The molecule has 0 atom stereocenters. The molecule has 106 valence electrons. The van der Waals surface area contributed by atoms with Gasteiger partial charge in [-0.2, -0.15) is 0 Å². The predicted octanol–water partition coefficient (Wildman–Crippen LogP) is 3.34. The van der Waals surface area contributed by atoms with Crippen molar-refractivity contribution < 1.29 is 8.42 Å². The Labute approximate surface area is 123 Å². The van der Waals surface area contributed by atoms with Crippen molar-refractivity contribution in [2.75, 3.05) is 10.5 Å². The molecule has 0 fully saturated rings. The topological polar surface area (TPSA) is 72.2 Å². The third-order valence-corrected chi connectivity index (χ3v) is 4.58. The van der Waals surface area contributed by atoms with Crippen molar-refractivity contribution in [1.29, 1.82) is 0 Å². The highest BCUT2D eigenvalue weighted by Crippen LogP contribution is 2.26. The van der Waals surface area contributed by atoms with Crippen molar-refractivity contribution in [3.63, 3.8) is 0 Å². The maximum Gasteiger partial charge on any atom is 0.263 e. The number of hydrogen-bond donors (Lipinski definition) is 2. The van der Waals surface area contributed by atoms with Crippen LogP contribution in [0.2, 0.25) is 5.02 Å². The highest BCUT2D eigenvalue weighted by atomic mass is 35.5. The van der Waals surface area contributed by atoms with E-state index in [1.807, 2.05) is 19.9 Å². The van der Waals surface area contributed by atoms with Crippen LogP contribution in [0.5, 0.6) is 0 Å². The van der Waals surface area contributed by atoms with Crippen LogP contribution < -0.4 is 10.5 Å². The number of sulfonamides is 1. The van der Waals surface area contributed by atoms with Crippen molar-refractivity contribution in [2.24, 2.45) is 0 Å². The Balaban J connectivity index is 2.40. The standard InChI is InChI=1S/C14H15ClN2O2S/c1-9-5-10(2)7-12(6-9)17-20(18,19)14-4-3-11(16)8-13(14)15/h3-8,17H,16H2,1-2H3. The molecule has 0 spiro atoms. The van der Waals surface area contributed by atoms with Crippen molar-refractivity contribution in [2.45, 2.75) is 18.7 Å². The van der Waals surface area contributed by atoms with E-state index in [1.54, 1.807) is 12.1 Å². The molecule has 0 heterocycles. The Morgan fingerprint density at radius 2 is 1.65 bits per heavy atom. The summed E-state index contributed by atoms with van der Waals surface area (Å²) in [5.74, 6) is 0. The molecule has 0 saturated carbocycles. The second-order valence-corrected chi connectivity index (χ2v) is 6.73. The van der Waals surface area contributed by atoms with E-state index >= 15 is 0 Å².